The van der Waals surface area contributed by atoms with Gasteiger partial charge in [0.05, 0.1) is 11.4 Å². The molecule has 0 saturated carbocycles. The molecule has 114 valence electrons. The molecule has 0 radical (unpaired) electrons. The summed E-state index contributed by atoms with van der Waals surface area (Å²) in [5.41, 5.74) is -0.238. The largest absolute Gasteiger partial charge is 0.350 e. The number of nitrogens with one attached hydrogen (secondary N) is 2. The van der Waals surface area contributed by atoms with E-state index in [4.69, 9.17) is 5.14 Å². The zero-order valence-corrected chi connectivity index (χ0v) is 12.6. The monoisotopic (exact) mass is 324 g/mol. The van der Waals surface area contributed by atoms with Gasteiger partial charge in [0.2, 0.25) is 10.0 Å². The number of aromatic nitrogens is 2. The fourth-order valence-electron chi connectivity index (χ4n) is 1.47. The number of sulfonamides is 1. The van der Waals surface area contributed by atoms with E-state index in [0.29, 0.717) is 0 Å². The standard InChI is InChI=1S/C9H16N4O5S2/c1-3-19(15,16)5-4-11-9(14)7-8(20(10,17)18)6(2)12-13-7/h3-5H2,1-2H3,(H,11,14)(H,12,13)(H2,10,17,18). The van der Waals surface area contributed by atoms with Crippen molar-refractivity contribution in [1.82, 2.24) is 15.5 Å². The van der Waals surface area contributed by atoms with Gasteiger partial charge >= 0.3 is 0 Å². The third-order valence-electron chi connectivity index (χ3n) is 2.53. The van der Waals surface area contributed by atoms with Crippen LogP contribution in [0, 0.1) is 6.92 Å². The number of carbonyl (C=O) groups is 1. The van der Waals surface area contributed by atoms with Crippen LogP contribution < -0.4 is 10.5 Å². The van der Waals surface area contributed by atoms with Crippen LogP contribution in [-0.2, 0) is 19.9 Å². The second kappa shape index (κ2) is 5.89. The molecular formula is C9H16N4O5S2. The number of amides is 1. The van der Waals surface area contributed by atoms with E-state index < -0.39 is 30.7 Å². The van der Waals surface area contributed by atoms with Crippen molar-refractivity contribution in [3.05, 3.63) is 11.4 Å². The maximum Gasteiger partial charge on any atom is 0.273 e. The molecule has 0 aliphatic heterocycles. The Morgan fingerprint density at radius 3 is 2.45 bits per heavy atom. The molecule has 1 amide bonds. The predicted molar refractivity (Wildman–Crippen MR) is 71.4 cm³/mol. The molecule has 0 aromatic carbocycles. The Bertz CT molecular complexity index is 705. The second-order valence-electron chi connectivity index (χ2n) is 4.06. The van der Waals surface area contributed by atoms with Crippen LogP contribution in [0.1, 0.15) is 23.1 Å². The van der Waals surface area contributed by atoms with Crippen molar-refractivity contribution < 1.29 is 21.6 Å². The normalized spacial score (nSPS) is 12.3. The van der Waals surface area contributed by atoms with Crippen LogP contribution >= 0.6 is 0 Å². The number of sulfone groups is 1. The van der Waals surface area contributed by atoms with E-state index in [-0.39, 0.29) is 29.4 Å². The lowest BCUT2D eigenvalue weighted by molar-refractivity contribution is 0.0948. The van der Waals surface area contributed by atoms with Crippen molar-refractivity contribution in [2.24, 2.45) is 5.14 Å². The number of H-pyrrole nitrogens is 1. The number of carbonyl (C=O) groups excluding carboxylic acids is 1. The van der Waals surface area contributed by atoms with Gasteiger partial charge in [0.1, 0.15) is 4.90 Å². The number of nitrogens with two attached hydrogens (primary N) is 1. The highest BCUT2D eigenvalue weighted by Crippen LogP contribution is 2.15. The molecule has 0 atom stereocenters. The quantitative estimate of drug-likeness (QED) is 0.581. The van der Waals surface area contributed by atoms with Crippen LogP contribution in [0.2, 0.25) is 0 Å². The minimum atomic E-state index is -4.10. The molecule has 0 aliphatic carbocycles. The van der Waals surface area contributed by atoms with E-state index in [2.05, 4.69) is 15.5 Å². The molecule has 0 spiro atoms. The number of hydrogen-bond donors (Lipinski definition) is 3. The first kappa shape index (κ1) is 16.6. The number of hydrogen-bond acceptors (Lipinski definition) is 6. The third kappa shape index (κ3) is 4.02. The van der Waals surface area contributed by atoms with E-state index in [1.807, 2.05) is 0 Å². The first-order chi connectivity index (χ1) is 9.08. The highest BCUT2D eigenvalue weighted by Gasteiger charge is 2.25. The maximum absolute atomic E-state index is 11.8. The van der Waals surface area contributed by atoms with Gasteiger partial charge in [-0.05, 0) is 6.92 Å². The van der Waals surface area contributed by atoms with Gasteiger partial charge in [-0.15, -0.1) is 0 Å². The fraction of sp³-hybridized carbons (Fsp3) is 0.556. The number of nitrogens with zero attached hydrogens (tertiary/aromatic N) is 1. The SMILES string of the molecule is CCS(=O)(=O)CCNC(=O)c1n[nH]c(C)c1S(N)(=O)=O. The molecule has 0 saturated heterocycles. The van der Waals surface area contributed by atoms with Gasteiger partial charge in [-0.1, -0.05) is 6.92 Å². The zero-order valence-electron chi connectivity index (χ0n) is 11.0. The summed E-state index contributed by atoms with van der Waals surface area (Å²) in [5, 5.41) is 13.2. The van der Waals surface area contributed by atoms with E-state index in [0.717, 1.165) is 0 Å². The van der Waals surface area contributed by atoms with E-state index >= 15 is 0 Å². The Hall–Kier alpha value is -1.46. The summed E-state index contributed by atoms with van der Waals surface area (Å²) in [6.07, 6.45) is 0. The van der Waals surface area contributed by atoms with Crippen LogP contribution in [0.25, 0.3) is 0 Å². The molecule has 0 fully saturated rings. The Kier molecular flexibility index (Phi) is 4.89. The van der Waals surface area contributed by atoms with Gasteiger partial charge in [-0.3, -0.25) is 9.89 Å². The summed E-state index contributed by atoms with van der Waals surface area (Å²) in [6, 6.07) is 0. The zero-order chi connectivity index (χ0) is 15.6. The topological polar surface area (TPSA) is 152 Å². The van der Waals surface area contributed by atoms with E-state index in [1.165, 1.54) is 13.8 Å². The lowest BCUT2D eigenvalue weighted by atomic mass is 10.3. The lowest BCUT2D eigenvalue weighted by Crippen LogP contribution is -2.31. The summed E-state index contributed by atoms with van der Waals surface area (Å²) in [5.74, 6) is -1.07. The molecule has 1 aromatic rings. The van der Waals surface area contributed by atoms with E-state index in [1.54, 1.807) is 0 Å². The van der Waals surface area contributed by atoms with Crippen molar-refractivity contribution in [1.29, 1.82) is 0 Å². The van der Waals surface area contributed by atoms with Gasteiger partial charge in [-0.25, -0.2) is 22.0 Å². The Balaban J connectivity index is 2.85. The molecular weight excluding hydrogens is 308 g/mol. The maximum atomic E-state index is 11.8. The first-order valence-corrected chi connectivity index (χ1v) is 9.01. The van der Waals surface area contributed by atoms with Crippen LogP contribution in [0.3, 0.4) is 0 Å². The number of primary sulfonamides is 1. The average Bonchev–Trinajstić information content (AvgIpc) is 2.70. The number of rotatable bonds is 6. The van der Waals surface area contributed by atoms with Crippen LogP contribution in [-0.4, -0.2) is 51.0 Å². The van der Waals surface area contributed by atoms with Crippen LogP contribution in [0.15, 0.2) is 4.90 Å². The smallest absolute Gasteiger partial charge is 0.273 e. The van der Waals surface area contributed by atoms with Gasteiger partial charge in [-0.2, -0.15) is 5.10 Å². The Morgan fingerprint density at radius 1 is 1.35 bits per heavy atom. The van der Waals surface area contributed by atoms with Gasteiger partial charge in [0.15, 0.2) is 15.5 Å². The second-order valence-corrected chi connectivity index (χ2v) is 8.03. The molecule has 0 bridgehead atoms. The van der Waals surface area contributed by atoms with Crippen molar-refractivity contribution >= 4 is 25.8 Å². The summed E-state index contributed by atoms with van der Waals surface area (Å²) in [4.78, 5) is 11.4. The minimum Gasteiger partial charge on any atom is -0.350 e. The highest BCUT2D eigenvalue weighted by atomic mass is 32.2. The molecule has 0 unspecified atom stereocenters. The molecule has 11 heteroatoms. The molecule has 1 heterocycles. The Labute approximate surface area is 116 Å². The summed E-state index contributed by atoms with van der Waals surface area (Å²) in [7, 11) is -7.31. The van der Waals surface area contributed by atoms with Gasteiger partial charge < -0.3 is 5.32 Å². The Morgan fingerprint density at radius 2 is 1.95 bits per heavy atom. The molecule has 9 nitrogen and oxygen atoms in total. The summed E-state index contributed by atoms with van der Waals surface area (Å²) >= 11 is 0. The van der Waals surface area contributed by atoms with E-state index in [9.17, 15) is 21.6 Å². The molecule has 20 heavy (non-hydrogen) atoms. The minimum absolute atomic E-state index is 0.0349. The molecule has 1 aromatic heterocycles. The van der Waals surface area contributed by atoms with Gasteiger partial charge in [0.25, 0.3) is 5.91 Å². The number of aromatic amines is 1. The van der Waals surface area contributed by atoms with Gasteiger partial charge in [0, 0.05) is 12.3 Å². The van der Waals surface area contributed by atoms with Crippen molar-refractivity contribution in [2.45, 2.75) is 18.7 Å². The molecule has 1 rings (SSSR count). The average molecular weight is 324 g/mol. The van der Waals surface area contributed by atoms with Crippen molar-refractivity contribution in [2.75, 3.05) is 18.1 Å². The summed E-state index contributed by atoms with van der Waals surface area (Å²) < 4.78 is 45.2. The first-order valence-electron chi connectivity index (χ1n) is 5.65. The van der Waals surface area contributed by atoms with Crippen molar-refractivity contribution in [3.63, 3.8) is 0 Å². The summed E-state index contributed by atoms with van der Waals surface area (Å²) in [6.45, 7) is 2.77. The van der Waals surface area contributed by atoms with Crippen LogP contribution in [0.4, 0.5) is 0 Å². The van der Waals surface area contributed by atoms with Crippen molar-refractivity contribution in [3.8, 4) is 0 Å². The molecule has 0 aliphatic rings. The highest BCUT2D eigenvalue weighted by molar-refractivity contribution is 7.91. The predicted octanol–water partition coefficient (Wildman–Crippen LogP) is -1.47. The fourth-order valence-corrected chi connectivity index (χ4v) is 3.05. The van der Waals surface area contributed by atoms with Crippen LogP contribution in [0.5, 0.6) is 0 Å². The third-order valence-corrected chi connectivity index (χ3v) is 5.30. The lowest BCUT2D eigenvalue weighted by Gasteiger charge is -2.04. The number of aryl methyl sites for hydroxylation is 1. The molecule has 4 N–H and O–H groups in total.